The molecule has 0 saturated carbocycles. The first kappa shape index (κ1) is 22.8. The van der Waals surface area contributed by atoms with Crippen molar-refractivity contribution in [2.24, 2.45) is 0 Å². The first-order valence-corrected chi connectivity index (χ1v) is 12.2. The number of aromatic nitrogens is 2. The van der Waals surface area contributed by atoms with Crippen molar-refractivity contribution in [2.75, 3.05) is 11.8 Å². The van der Waals surface area contributed by atoms with Crippen LogP contribution in [0.2, 0.25) is 5.02 Å². The minimum absolute atomic E-state index is 0.0548. The van der Waals surface area contributed by atoms with Gasteiger partial charge in [0.05, 0.1) is 33.7 Å². The lowest BCUT2D eigenvalue weighted by molar-refractivity contribution is 0.0781. The van der Waals surface area contributed by atoms with E-state index in [0.29, 0.717) is 5.02 Å². The Kier molecular flexibility index (Phi) is 6.40. The smallest absolute Gasteiger partial charge is 0.261 e. The van der Waals surface area contributed by atoms with E-state index in [2.05, 4.69) is 14.3 Å². The van der Waals surface area contributed by atoms with Gasteiger partial charge in [-0.05, 0) is 55.5 Å². The van der Waals surface area contributed by atoms with Gasteiger partial charge < -0.3 is 9.47 Å². The van der Waals surface area contributed by atoms with Crippen LogP contribution >= 0.6 is 11.6 Å². The molecule has 4 rings (SSSR count). The zero-order chi connectivity index (χ0) is 23.6. The number of anilines is 1. The van der Waals surface area contributed by atoms with E-state index >= 15 is 0 Å². The van der Waals surface area contributed by atoms with E-state index in [-0.39, 0.29) is 28.6 Å². The number of para-hydroxylation sites is 3. The van der Waals surface area contributed by atoms with Crippen LogP contribution < -0.4 is 4.72 Å². The number of rotatable bonds is 7. The van der Waals surface area contributed by atoms with Gasteiger partial charge in [0.25, 0.3) is 15.9 Å². The number of nitrogens with one attached hydrogen (secondary N) is 1. The van der Waals surface area contributed by atoms with E-state index in [0.717, 1.165) is 23.4 Å². The van der Waals surface area contributed by atoms with Crippen molar-refractivity contribution < 1.29 is 13.2 Å². The van der Waals surface area contributed by atoms with Gasteiger partial charge in [-0.25, -0.2) is 13.4 Å². The van der Waals surface area contributed by atoms with Crippen molar-refractivity contribution >= 4 is 44.3 Å². The van der Waals surface area contributed by atoms with Crippen LogP contribution in [-0.2, 0) is 23.1 Å². The molecule has 170 valence electrons. The van der Waals surface area contributed by atoms with Gasteiger partial charge in [0, 0.05) is 18.6 Å². The largest absolute Gasteiger partial charge is 0.334 e. The molecule has 0 spiro atoms. The standard InChI is InChI=1S/C24H23ClN4O3S/c1-3-29-22-11-7-6-10-21(22)26-23(29)16-28(2)24(30)19-8-4-5-9-20(19)27-33(31,32)18-14-12-17(25)13-15-18/h4-15,27H,3,16H2,1-2H3. The molecule has 0 atom stereocenters. The number of benzene rings is 3. The highest BCUT2D eigenvalue weighted by Crippen LogP contribution is 2.23. The Hall–Kier alpha value is -3.36. The molecule has 1 heterocycles. The van der Waals surface area contributed by atoms with E-state index in [1.807, 2.05) is 31.2 Å². The molecule has 0 aliphatic rings. The Labute approximate surface area is 197 Å². The Balaban J connectivity index is 1.60. The van der Waals surface area contributed by atoms with Crippen LogP contribution in [-0.4, -0.2) is 35.8 Å². The van der Waals surface area contributed by atoms with Crippen LogP contribution in [0, 0.1) is 0 Å². The zero-order valence-corrected chi connectivity index (χ0v) is 19.8. The fraction of sp³-hybridized carbons (Fsp3) is 0.167. The molecule has 0 fully saturated rings. The van der Waals surface area contributed by atoms with Crippen LogP contribution in [0.25, 0.3) is 11.0 Å². The summed E-state index contributed by atoms with van der Waals surface area (Å²) in [6.07, 6.45) is 0. The maximum Gasteiger partial charge on any atom is 0.261 e. The third-order valence-corrected chi connectivity index (χ3v) is 6.93. The fourth-order valence-electron chi connectivity index (χ4n) is 3.66. The average molecular weight is 483 g/mol. The summed E-state index contributed by atoms with van der Waals surface area (Å²) in [5.41, 5.74) is 2.32. The van der Waals surface area contributed by atoms with Crippen molar-refractivity contribution in [3.05, 3.63) is 89.2 Å². The van der Waals surface area contributed by atoms with Gasteiger partial charge in [0.2, 0.25) is 0 Å². The normalized spacial score (nSPS) is 11.5. The first-order chi connectivity index (χ1) is 15.8. The number of carbonyl (C=O) groups is 1. The van der Waals surface area contributed by atoms with Crippen LogP contribution in [0.3, 0.4) is 0 Å². The highest BCUT2D eigenvalue weighted by Gasteiger charge is 2.22. The second-order valence-corrected chi connectivity index (χ2v) is 9.65. The molecule has 9 heteroatoms. The monoisotopic (exact) mass is 482 g/mol. The van der Waals surface area contributed by atoms with Gasteiger partial charge >= 0.3 is 0 Å². The average Bonchev–Trinajstić information content (AvgIpc) is 3.15. The molecule has 0 radical (unpaired) electrons. The topological polar surface area (TPSA) is 84.3 Å². The number of carbonyl (C=O) groups excluding carboxylic acids is 1. The Morgan fingerprint density at radius 2 is 1.70 bits per heavy atom. The van der Waals surface area contributed by atoms with Crippen molar-refractivity contribution in [3.63, 3.8) is 0 Å². The van der Waals surface area contributed by atoms with Crippen LogP contribution in [0.15, 0.2) is 77.7 Å². The molecule has 1 aromatic heterocycles. The van der Waals surface area contributed by atoms with Crippen molar-refractivity contribution in [1.82, 2.24) is 14.5 Å². The number of halogens is 1. The second kappa shape index (κ2) is 9.25. The third kappa shape index (κ3) is 4.72. The summed E-state index contributed by atoms with van der Waals surface area (Å²) in [6, 6.07) is 20.2. The Bertz CT molecular complexity index is 1420. The fourth-order valence-corrected chi connectivity index (χ4v) is 4.87. The number of hydrogen-bond donors (Lipinski definition) is 1. The third-order valence-electron chi connectivity index (χ3n) is 5.30. The van der Waals surface area contributed by atoms with Crippen LogP contribution in [0.5, 0.6) is 0 Å². The number of nitrogens with zero attached hydrogens (tertiary/aromatic N) is 3. The van der Waals surface area contributed by atoms with Gasteiger partial charge in [-0.2, -0.15) is 0 Å². The predicted molar refractivity (Wildman–Crippen MR) is 130 cm³/mol. The lowest BCUT2D eigenvalue weighted by atomic mass is 10.1. The number of amides is 1. The van der Waals surface area contributed by atoms with Crippen molar-refractivity contribution in [3.8, 4) is 0 Å². The molecule has 4 aromatic rings. The molecular weight excluding hydrogens is 460 g/mol. The van der Waals surface area contributed by atoms with Gasteiger partial charge in [-0.15, -0.1) is 0 Å². The number of aryl methyl sites for hydroxylation is 1. The second-order valence-electron chi connectivity index (χ2n) is 7.53. The molecular formula is C24H23ClN4O3S. The molecule has 0 unspecified atom stereocenters. The molecule has 33 heavy (non-hydrogen) atoms. The van der Waals surface area contributed by atoms with Crippen molar-refractivity contribution in [2.45, 2.75) is 24.9 Å². The Morgan fingerprint density at radius 3 is 2.42 bits per heavy atom. The van der Waals surface area contributed by atoms with E-state index in [1.165, 1.54) is 29.2 Å². The van der Waals surface area contributed by atoms with Gasteiger partial charge in [-0.1, -0.05) is 35.9 Å². The lowest BCUT2D eigenvalue weighted by Gasteiger charge is -2.20. The summed E-state index contributed by atoms with van der Waals surface area (Å²) >= 11 is 5.87. The molecule has 0 bridgehead atoms. The van der Waals surface area contributed by atoms with Crippen LogP contribution in [0.4, 0.5) is 5.69 Å². The van der Waals surface area contributed by atoms with Crippen LogP contribution in [0.1, 0.15) is 23.1 Å². The summed E-state index contributed by atoms with van der Waals surface area (Å²) in [5, 5.41) is 0.434. The molecule has 1 N–H and O–H groups in total. The summed E-state index contributed by atoms with van der Waals surface area (Å²) < 4.78 is 30.3. The highest BCUT2D eigenvalue weighted by atomic mass is 35.5. The molecule has 0 aliphatic carbocycles. The minimum atomic E-state index is -3.89. The van der Waals surface area contributed by atoms with Gasteiger partial charge in [0.15, 0.2) is 0 Å². The number of fused-ring (bicyclic) bond motifs is 1. The highest BCUT2D eigenvalue weighted by molar-refractivity contribution is 7.92. The molecule has 7 nitrogen and oxygen atoms in total. The maximum atomic E-state index is 13.3. The van der Waals surface area contributed by atoms with E-state index in [1.54, 1.807) is 31.3 Å². The molecule has 1 amide bonds. The summed E-state index contributed by atoms with van der Waals surface area (Å²) in [5.74, 6) is 0.438. The summed E-state index contributed by atoms with van der Waals surface area (Å²) in [4.78, 5) is 19.5. The number of imidazole rings is 1. The number of hydrogen-bond acceptors (Lipinski definition) is 4. The Morgan fingerprint density at radius 1 is 1.03 bits per heavy atom. The zero-order valence-electron chi connectivity index (χ0n) is 18.2. The summed E-state index contributed by atoms with van der Waals surface area (Å²) in [6.45, 7) is 3.02. The van der Waals surface area contributed by atoms with Crippen molar-refractivity contribution in [1.29, 1.82) is 0 Å². The SMILES string of the molecule is CCn1c(CN(C)C(=O)c2ccccc2NS(=O)(=O)c2ccc(Cl)cc2)nc2ccccc21. The molecule has 0 aliphatic heterocycles. The van der Waals surface area contributed by atoms with E-state index in [4.69, 9.17) is 11.6 Å². The lowest BCUT2D eigenvalue weighted by Crippen LogP contribution is -2.29. The van der Waals surface area contributed by atoms with E-state index < -0.39 is 10.0 Å². The minimum Gasteiger partial charge on any atom is -0.334 e. The maximum absolute atomic E-state index is 13.3. The summed E-state index contributed by atoms with van der Waals surface area (Å²) in [7, 11) is -2.22. The molecule has 3 aromatic carbocycles. The predicted octanol–water partition coefficient (Wildman–Crippen LogP) is 4.78. The molecule has 0 saturated heterocycles. The number of sulfonamides is 1. The van der Waals surface area contributed by atoms with Gasteiger partial charge in [-0.3, -0.25) is 9.52 Å². The quantitative estimate of drug-likeness (QED) is 0.410. The first-order valence-electron chi connectivity index (χ1n) is 10.4. The van der Waals surface area contributed by atoms with Gasteiger partial charge in [0.1, 0.15) is 5.82 Å². The van der Waals surface area contributed by atoms with E-state index in [9.17, 15) is 13.2 Å².